The van der Waals surface area contributed by atoms with E-state index in [1.807, 2.05) is 35.5 Å². The fourth-order valence-corrected chi connectivity index (χ4v) is 43.2. The van der Waals surface area contributed by atoms with E-state index in [0.29, 0.717) is 18.0 Å². The summed E-state index contributed by atoms with van der Waals surface area (Å²) in [7, 11) is -3.58. The van der Waals surface area contributed by atoms with Gasteiger partial charge in [0.2, 0.25) is 0 Å². The first-order valence-corrected chi connectivity index (χ1v) is 35.4. The summed E-state index contributed by atoms with van der Waals surface area (Å²) in [5.74, 6) is 0.500. The molecule has 2 atom stereocenters. The fourth-order valence-electron chi connectivity index (χ4n) is 8.12. The molecule has 3 nitrogen and oxygen atoms in total. The van der Waals surface area contributed by atoms with Gasteiger partial charge in [0.05, 0.1) is 0 Å². The first-order chi connectivity index (χ1) is 21.5. The first kappa shape index (κ1) is 41.4. The molecular weight excluding hydrogens is 784 g/mol. The molecule has 1 saturated heterocycles. The molecular formula is C39H71NO2SSn2. The number of nitrogens with zero attached hydrogens (tertiary/aromatic N) is 1. The molecule has 258 valence electrons. The normalized spacial score (nSPS) is 18.0. The number of hydrogen-bond donors (Lipinski definition) is 0. The Labute approximate surface area is 289 Å². The summed E-state index contributed by atoms with van der Waals surface area (Å²) in [6.45, 7) is 27.5. The third-order valence-corrected chi connectivity index (χ3v) is 45.4. The van der Waals surface area contributed by atoms with Gasteiger partial charge in [-0.1, -0.05) is 0 Å². The number of aryl methyl sites for hydroxylation is 1. The molecule has 6 heteroatoms. The minimum absolute atomic E-state index is 0.250. The van der Waals surface area contributed by atoms with Crippen LogP contribution in [0.3, 0.4) is 0 Å². The second kappa shape index (κ2) is 20.7. The van der Waals surface area contributed by atoms with Gasteiger partial charge < -0.3 is 0 Å². The molecule has 0 aromatic heterocycles. The Morgan fingerprint density at radius 3 is 1.18 bits per heavy atom. The molecule has 45 heavy (non-hydrogen) atoms. The summed E-state index contributed by atoms with van der Waals surface area (Å²) in [5.41, 5.74) is 1.09. The summed E-state index contributed by atoms with van der Waals surface area (Å²) in [6.07, 6.45) is 15.3. The van der Waals surface area contributed by atoms with Crippen LogP contribution in [0.4, 0.5) is 0 Å². The van der Waals surface area contributed by atoms with Gasteiger partial charge in [0.15, 0.2) is 0 Å². The predicted octanol–water partition coefficient (Wildman–Crippen LogP) is 12.1. The molecule has 1 aromatic rings. The van der Waals surface area contributed by atoms with Gasteiger partial charge in [-0.2, -0.15) is 0 Å². The van der Waals surface area contributed by atoms with Gasteiger partial charge in [-0.05, 0) is 0 Å². The summed E-state index contributed by atoms with van der Waals surface area (Å²) < 4.78 is 42.0. The monoisotopic (exact) mass is 857 g/mol. The van der Waals surface area contributed by atoms with Gasteiger partial charge >= 0.3 is 292 Å². The third-order valence-electron chi connectivity index (χ3n) is 11.3. The van der Waals surface area contributed by atoms with Crippen molar-refractivity contribution in [1.82, 2.24) is 4.31 Å². The van der Waals surface area contributed by atoms with Crippen molar-refractivity contribution in [1.29, 1.82) is 0 Å². The van der Waals surface area contributed by atoms with Crippen LogP contribution in [0.15, 0.2) is 49.5 Å². The van der Waals surface area contributed by atoms with E-state index < -0.39 is 46.8 Å². The van der Waals surface area contributed by atoms with Gasteiger partial charge in [-0.25, -0.2) is 0 Å². The zero-order valence-corrected chi connectivity index (χ0v) is 37.2. The molecule has 0 bridgehead atoms. The Bertz CT molecular complexity index is 1030. The Morgan fingerprint density at radius 1 is 0.622 bits per heavy atom. The van der Waals surface area contributed by atoms with Crippen LogP contribution in [0.5, 0.6) is 0 Å². The van der Waals surface area contributed by atoms with Crippen molar-refractivity contribution in [3.05, 3.63) is 50.2 Å². The molecule has 1 fully saturated rings. The molecule has 0 amide bonds. The van der Waals surface area contributed by atoms with Gasteiger partial charge in [-0.3, -0.25) is 0 Å². The quantitative estimate of drug-likeness (QED) is 0.0972. The van der Waals surface area contributed by atoms with Crippen LogP contribution >= 0.6 is 0 Å². The van der Waals surface area contributed by atoms with E-state index in [2.05, 4.69) is 41.5 Å². The molecule has 0 N–H and O–H groups in total. The van der Waals surface area contributed by atoms with Crippen molar-refractivity contribution in [2.45, 2.75) is 157 Å². The van der Waals surface area contributed by atoms with Crippen LogP contribution in [-0.4, -0.2) is 62.6 Å². The van der Waals surface area contributed by atoms with Crippen molar-refractivity contribution in [3.63, 3.8) is 0 Å². The van der Waals surface area contributed by atoms with E-state index in [1.165, 1.54) is 104 Å². The minimum atomic E-state index is -3.58. The van der Waals surface area contributed by atoms with Crippen molar-refractivity contribution >= 4 is 46.8 Å². The van der Waals surface area contributed by atoms with Crippen LogP contribution in [-0.2, 0) is 10.0 Å². The van der Waals surface area contributed by atoms with E-state index >= 15 is 0 Å². The average Bonchev–Trinajstić information content (AvgIpc) is 3.50. The van der Waals surface area contributed by atoms with Crippen LogP contribution in [0.1, 0.15) is 124 Å². The van der Waals surface area contributed by atoms with Gasteiger partial charge in [-0.15, -0.1) is 0 Å². The molecule has 0 unspecified atom stereocenters. The average molecular weight is 855 g/mol. The van der Waals surface area contributed by atoms with Gasteiger partial charge in [0.1, 0.15) is 0 Å². The Hall–Kier alpha value is 0.207. The second-order valence-electron chi connectivity index (χ2n) is 14.6. The Kier molecular flexibility index (Phi) is 19.0. The van der Waals surface area contributed by atoms with Crippen molar-refractivity contribution in [2.24, 2.45) is 11.8 Å². The predicted molar refractivity (Wildman–Crippen MR) is 205 cm³/mol. The molecule has 2 rings (SSSR count). The Balaban J connectivity index is 2.72. The molecule has 1 heterocycles. The maximum atomic E-state index is 14.3. The van der Waals surface area contributed by atoms with E-state index in [4.69, 9.17) is 13.2 Å². The van der Waals surface area contributed by atoms with Crippen molar-refractivity contribution in [3.8, 4) is 0 Å². The summed E-state index contributed by atoms with van der Waals surface area (Å²) in [5, 5.41) is 0. The number of benzene rings is 1. The van der Waals surface area contributed by atoms with E-state index in [1.54, 1.807) is 7.18 Å². The van der Waals surface area contributed by atoms with E-state index in [-0.39, 0.29) is 11.8 Å². The molecule has 1 aromatic carbocycles. The molecule has 0 saturated carbocycles. The maximum absolute atomic E-state index is 14.3. The second-order valence-corrected chi connectivity index (χ2v) is 43.4. The number of sulfonamides is 1. The Morgan fingerprint density at radius 2 is 0.911 bits per heavy atom. The topological polar surface area (TPSA) is 37.4 Å². The van der Waals surface area contributed by atoms with Crippen molar-refractivity contribution in [2.75, 3.05) is 13.1 Å². The van der Waals surface area contributed by atoms with Crippen LogP contribution < -0.4 is 0 Å². The van der Waals surface area contributed by atoms with Gasteiger partial charge in [0.25, 0.3) is 0 Å². The van der Waals surface area contributed by atoms with Crippen molar-refractivity contribution < 1.29 is 8.42 Å². The summed E-state index contributed by atoms with van der Waals surface area (Å²) in [6, 6.07) is 7.52. The van der Waals surface area contributed by atoms with Gasteiger partial charge in [0, 0.05) is 0 Å². The molecule has 1 aliphatic heterocycles. The molecule has 0 radical (unpaired) electrons. The standard InChI is InChI=1S/C15H17NO2S.6C4H9.2Sn/c1-4-13-10-16(11-14(13)5-2)19(17,18)15-8-6-12(3)7-9-15;6*1-3-4-2;;/h6-9,13-14H,1-2,10-11H2,3H3;6*1,3-4H2,2H3;;/t13-,14+;;;;;;;;. The van der Waals surface area contributed by atoms with E-state index in [9.17, 15) is 8.42 Å². The van der Waals surface area contributed by atoms with Crippen LogP contribution in [0.25, 0.3) is 0 Å². The van der Waals surface area contributed by atoms with E-state index in [0.717, 1.165) is 5.56 Å². The molecule has 0 aliphatic carbocycles. The fraction of sp³-hybridized carbons (Fsp3) is 0.744. The third kappa shape index (κ3) is 11.1. The zero-order valence-electron chi connectivity index (χ0n) is 30.7. The summed E-state index contributed by atoms with van der Waals surface area (Å²) in [4.78, 5) is 0.444. The first-order valence-electron chi connectivity index (χ1n) is 19.0. The van der Waals surface area contributed by atoms with Crippen LogP contribution in [0.2, 0.25) is 26.6 Å². The number of rotatable bonds is 24. The van der Waals surface area contributed by atoms with Crippen LogP contribution in [0, 0.1) is 18.8 Å². The number of unbranched alkanes of at least 4 members (excludes halogenated alkanes) is 6. The molecule has 1 aliphatic rings. The zero-order chi connectivity index (χ0) is 33.5. The SMILES string of the molecule is C=[C]([C@H]1CN(S(=O)(=O)c2ccc(C)cc2)C[C@H]1[C](=C)[Sn]([CH2]CCC)([CH2]CCC)[CH2]CCC)[Sn]([CH2]CCC)([CH2]CCC)[CH2]CCC. The molecule has 0 spiro atoms. The number of hydrogen-bond acceptors (Lipinski definition) is 2. The summed E-state index contributed by atoms with van der Waals surface area (Å²) >= 11 is -5.71.